The van der Waals surface area contributed by atoms with Gasteiger partial charge in [0.15, 0.2) is 6.61 Å². The number of aromatic nitrogens is 2. The molecule has 0 fully saturated rings. The average molecular weight is 341 g/mol. The van der Waals surface area contributed by atoms with Crippen LogP contribution in [-0.4, -0.2) is 28.0 Å². The smallest absolute Gasteiger partial charge is 0.344 e. The first kappa shape index (κ1) is 14.8. The van der Waals surface area contributed by atoms with E-state index in [4.69, 9.17) is 9.47 Å². The first-order valence-electron chi connectivity index (χ1n) is 6.23. The van der Waals surface area contributed by atoms with Crippen LogP contribution in [0.25, 0.3) is 10.9 Å². The van der Waals surface area contributed by atoms with E-state index in [-0.39, 0.29) is 12.6 Å². The van der Waals surface area contributed by atoms with Crippen LogP contribution in [0.4, 0.5) is 0 Å². The maximum absolute atomic E-state index is 11.6. The third kappa shape index (κ3) is 3.50. The largest absolute Gasteiger partial charge is 0.482 e. The molecule has 1 aromatic carbocycles. The number of hydrogen-bond acceptors (Lipinski definition) is 4. The van der Waals surface area contributed by atoms with E-state index in [9.17, 15) is 4.79 Å². The molecule has 2 rings (SSSR count). The van der Waals surface area contributed by atoms with Crippen molar-refractivity contribution in [3.8, 4) is 5.75 Å². The number of ether oxygens (including phenoxy) is 2. The van der Waals surface area contributed by atoms with Crippen molar-refractivity contribution < 1.29 is 14.3 Å². The van der Waals surface area contributed by atoms with Gasteiger partial charge in [0.25, 0.3) is 0 Å². The molecule has 0 bridgehead atoms. The number of hydrogen-bond donors (Lipinski definition) is 0. The maximum atomic E-state index is 11.6. The average Bonchev–Trinajstić information content (AvgIpc) is 2.60. The third-order valence-electron chi connectivity index (χ3n) is 2.55. The predicted molar refractivity (Wildman–Crippen MR) is 79.8 cm³/mol. The highest BCUT2D eigenvalue weighted by molar-refractivity contribution is 9.10. The fourth-order valence-corrected chi connectivity index (χ4v) is 2.37. The summed E-state index contributed by atoms with van der Waals surface area (Å²) in [5.41, 5.74) is 0.427. The van der Waals surface area contributed by atoms with Crippen molar-refractivity contribution in [1.82, 2.24) is 9.78 Å². The molecule has 0 radical (unpaired) electrons. The van der Waals surface area contributed by atoms with Crippen LogP contribution in [0.2, 0.25) is 0 Å². The molecule has 2 aromatic rings. The van der Waals surface area contributed by atoms with Gasteiger partial charge in [0.1, 0.15) is 16.0 Å². The molecule has 1 heterocycles. The zero-order chi connectivity index (χ0) is 14.9. The van der Waals surface area contributed by atoms with Crippen LogP contribution in [0.5, 0.6) is 5.75 Å². The summed E-state index contributed by atoms with van der Waals surface area (Å²) in [6.45, 7) is 5.36. The van der Waals surface area contributed by atoms with Crippen molar-refractivity contribution in [1.29, 1.82) is 0 Å². The van der Waals surface area contributed by atoms with E-state index in [0.29, 0.717) is 5.75 Å². The molecule has 0 unspecified atom stereocenters. The summed E-state index contributed by atoms with van der Waals surface area (Å²) in [5.74, 6) is 0.225. The molecular formula is C14H17BrN2O3. The van der Waals surface area contributed by atoms with E-state index < -0.39 is 5.60 Å². The third-order valence-corrected chi connectivity index (χ3v) is 3.14. The molecule has 0 saturated heterocycles. The summed E-state index contributed by atoms with van der Waals surface area (Å²) in [6.07, 6.45) is 0. The predicted octanol–water partition coefficient (Wildman–Crippen LogP) is 3.06. The van der Waals surface area contributed by atoms with Gasteiger partial charge < -0.3 is 9.47 Å². The van der Waals surface area contributed by atoms with Crippen molar-refractivity contribution in [3.05, 3.63) is 22.8 Å². The number of fused-ring (bicyclic) bond motifs is 1. The second kappa shape index (κ2) is 5.44. The molecule has 0 aliphatic heterocycles. The van der Waals surface area contributed by atoms with E-state index in [1.807, 2.05) is 40.0 Å². The van der Waals surface area contributed by atoms with E-state index in [0.717, 1.165) is 15.5 Å². The maximum Gasteiger partial charge on any atom is 0.344 e. The van der Waals surface area contributed by atoms with Crippen molar-refractivity contribution in [3.63, 3.8) is 0 Å². The summed E-state index contributed by atoms with van der Waals surface area (Å²) < 4.78 is 13.2. The Labute approximate surface area is 126 Å². The van der Waals surface area contributed by atoms with E-state index in [1.165, 1.54) is 0 Å². The number of benzene rings is 1. The Morgan fingerprint density at radius 2 is 2.10 bits per heavy atom. The second-order valence-corrected chi connectivity index (χ2v) is 6.22. The second-order valence-electron chi connectivity index (χ2n) is 5.47. The van der Waals surface area contributed by atoms with Gasteiger partial charge in [0.05, 0.1) is 5.52 Å². The Morgan fingerprint density at radius 3 is 2.75 bits per heavy atom. The van der Waals surface area contributed by atoms with E-state index >= 15 is 0 Å². The van der Waals surface area contributed by atoms with Gasteiger partial charge in [-0.3, -0.25) is 4.68 Å². The van der Waals surface area contributed by atoms with Crippen molar-refractivity contribution >= 4 is 32.8 Å². The topological polar surface area (TPSA) is 53.4 Å². The highest BCUT2D eigenvalue weighted by atomic mass is 79.9. The van der Waals surface area contributed by atoms with Crippen LogP contribution >= 0.6 is 15.9 Å². The number of nitrogens with zero attached hydrogens (tertiary/aromatic N) is 2. The fourth-order valence-electron chi connectivity index (χ4n) is 1.80. The van der Waals surface area contributed by atoms with Crippen LogP contribution in [0, 0.1) is 0 Å². The lowest BCUT2D eigenvalue weighted by Gasteiger charge is -2.19. The van der Waals surface area contributed by atoms with Gasteiger partial charge >= 0.3 is 5.97 Å². The van der Waals surface area contributed by atoms with Gasteiger partial charge in [-0.2, -0.15) is 5.10 Å². The van der Waals surface area contributed by atoms with Gasteiger partial charge in [-0.05, 0) is 48.8 Å². The molecule has 0 atom stereocenters. The van der Waals surface area contributed by atoms with Gasteiger partial charge in [-0.1, -0.05) is 0 Å². The van der Waals surface area contributed by atoms with E-state index in [1.54, 1.807) is 10.7 Å². The lowest BCUT2D eigenvalue weighted by molar-refractivity contribution is -0.157. The Hall–Kier alpha value is -1.56. The summed E-state index contributed by atoms with van der Waals surface area (Å²) in [4.78, 5) is 11.6. The molecule has 0 N–H and O–H groups in total. The Kier molecular flexibility index (Phi) is 4.04. The Morgan fingerprint density at radius 1 is 1.40 bits per heavy atom. The Bertz CT molecular complexity index is 644. The molecule has 108 valence electrons. The molecule has 0 spiro atoms. The minimum atomic E-state index is -0.503. The molecule has 1 aromatic heterocycles. The standard InChI is InChI=1S/C14H17BrN2O3/c1-14(2,3)20-12(18)8-19-9-5-6-10-11(7-9)17(4)16-13(10)15/h5-7H,8H2,1-4H3. The van der Waals surface area contributed by atoms with Gasteiger partial charge in [0.2, 0.25) is 0 Å². The first-order valence-corrected chi connectivity index (χ1v) is 7.02. The zero-order valence-corrected chi connectivity index (χ0v) is 13.5. The summed E-state index contributed by atoms with van der Waals surface area (Å²) in [6, 6.07) is 5.55. The highest BCUT2D eigenvalue weighted by Gasteiger charge is 2.16. The van der Waals surface area contributed by atoms with Crippen molar-refractivity contribution in [2.24, 2.45) is 7.05 Å². The van der Waals surface area contributed by atoms with Crippen LogP contribution in [0.1, 0.15) is 20.8 Å². The summed E-state index contributed by atoms with van der Waals surface area (Å²) >= 11 is 3.39. The van der Waals surface area contributed by atoms with Gasteiger partial charge in [-0.15, -0.1) is 0 Å². The summed E-state index contributed by atoms with van der Waals surface area (Å²) in [7, 11) is 1.85. The van der Waals surface area contributed by atoms with Gasteiger partial charge in [0, 0.05) is 18.5 Å². The number of carbonyl (C=O) groups excluding carboxylic acids is 1. The molecule has 20 heavy (non-hydrogen) atoms. The molecule has 0 amide bonds. The van der Waals surface area contributed by atoms with Crippen LogP contribution in [0.15, 0.2) is 22.8 Å². The summed E-state index contributed by atoms with van der Waals surface area (Å²) in [5, 5.41) is 5.26. The minimum Gasteiger partial charge on any atom is -0.482 e. The first-order chi connectivity index (χ1) is 9.26. The quantitative estimate of drug-likeness (QED) is 0.806. The van der Waals surface area contributed by atoms with Crippen LogP contribution in [0.3, 0.4) is 0 Å². The molecule has 5 nitrogen and oxygen atoms in total. The van der Waals surface area contributed by atoms with Crippen molar-refractivity contribution in [2.75, 3.05) is 6.61 Å². The number of carbonyl (C=O) groups is 1. The van der Waals surface area contributed by atoms with E-state index in [2.05, 4.69) is 21.0 Å². The molecular weight excluding hydrogens is 324 g/mol. The Balaban J connectivity index is 2.07. The van der Waals surface area contributed by atoms with Crippen LogP contribution in [-0.2, 0) is 16.6 Å². The van der Waals surface area contributed by atoms with Crippen molar-refractivity contribution in [2.45, 2.75) is 26.4 Å². The zero-order valence-electron chi connectivity index (χ0n) is 11.9. The molecule has 0 saturated carbocycles. The number of halogens is 1. The highest BCUT2D eigenvalue weighted by Crippen LogP contribution is 2.26. The number of esters is 1. The van der Waals surface area contributed by atoms with Crippen LogP contribution < -0.4 is 4.74 Å². The lowest BCUT2D eigenvalue weighted by atomic mass is 10.2. The molecule has 6 heteroatoms. The number of rotatable bonds is 3. The van der Waals surface area contributed by atoms with Gasteiger partial charge in [-0.25, -0.2) is 4.79 Å². The minimum absolute atomic E-state index is 0.109. The monoisotopic (exact) mass is 340 g/mol. The lowest BCUT2D eigenvalue weighted by Crippen LogP contribution is -2.27. The normalized spacial score (nSPS) is 11.7. The SMILES string of the molecule is Cn1nc(Br)c2ccc(OCC(=O)OC(C)(C)C)cc21. The number of aryl methyl sites for hydroxylation is 1. The molecule has 0 aliphatic rings. The fraction of sp³-hybridized carbons (Fsp3) is 0.429. The molecule has 0 aliphatic carbocycles.